The fraction of sp³-hybridized carbons (Fsp3) is 0.231. The SMILES string of the molecule is COc1ccsc1C(=O)Cc1ncccc1C. The second-order valence-electron chi connectivity index (χ2n) is 3.69. The van der Waals surface area contributed by atoms with Gasteiger partial charge in [0, 0.05) is 6.20 Å². The number of pyridine rings is 1. The summed E-state index contributed by atoms with van der Waals surface area (Å²) < 4.78 is 5.14. The minimum Gasteiger partial charge on any atom is -0.495 e. The standard InChI is InChI=1S/C13H13NO2S/c1-9-4-3-6-14-10(9)8-11(15)13-12(16-2)5-7-17-13/h3-7H,8H2,1-2H3. The quantitative estimate of drug-likeness (QED) is 0.780. The van der Waals surface area contributed by atoms with Crippen LogP contribution in [0.3, 0.4) is 0 Å². The molecule has 0 saturated carbocycles. The largest absolute Gasteiger partial charge is 0.495 e. The van der Waals surface area contributed by atoms with E-state index < -0.39 is 0 Å². The van der Waals surface area contributed by atoms with E-state index in [2.05, 4.69) is 4.98 Å². The van der Waals surface area contributed by atoms with E-state index in [1.165, 1.54) is 11.3 Å². The highest BCUT2D eigenvalue weighted by molar-refractivity contribution is 7.12. The smallest absolute Gasteiger partial charge is 0.182 e. The van der Waals surface area contributed by atoms with E-state index in [4.69, 9.17) is 4.74 Å². The van der Waals surface area contributed by atoms with Crippen molar-refractivity contribution in [3.8, 4) is 5.75 Å². The fourth-order valence-electron chi connectivity index (χ4n) is 1.60. The van der Waals surface area contributed by atoms with Crippen molar-refractivity contribution in [2.24, 2.45) is 0 Å². The van der Waals surface area contributed by atoms with Crippen LogP contribution in [-0.2, 0) is 6.42 Å². The van der Waals surface area contributed by atoms with E-state index in [1.807, 2.05) is 30.5 Å². The molecule has 0 spiro atoms. The molecule has 2 rings (SSSR count). The van der Waals surface area contributed by atoms with Crippen LogP contribution in [0.25, 0.3) is 0 Å². The normalized spacial score (nSPS) is 10.2. The number of methoxy groups -OCH3 is 1. The van der Waals surface area contributed by atoms with Crippen LogP contribution in [0.15, 0.2) is 29.8 Å². The van der Waals surface area contributed by atoms with Crippen molar-refractivity contribution in [3.05, 3.63) is 45.9 Å². The predicted molar refractivity (Wildman–Crippen MR) is 67.9 cm³/mol. The van der Waals surface area contributed by atoms with Gasteiger partial charge in [0.2, 0.25) is 0 Å². The zero-order valence-corrected chi connectivity index (χ0v) is 10.6. The summed E-state index contributed by atoms with van der Waals surface area (Å²) in [7, 11) is 1.57. The van der Waals surface area contributed by atoms with Crippen molar-refractivity contribution in [2.75, 3.05) is 7.11 Å². The van der Waals surface area contributed by atoms with Gasteiger partial charge in [0.25, 0.3) is 0 Å². The number of rotatable bonds is 4. The van der Waals surface area contributed by atoms with Gasteiger partial charge < -0.3 is 4.74 Å². The summed E-state index contributed by atoms with van der Waals surface area (Å²) in [6.07, 6.45) is 2.03. The zero-order valence-electron chi connectivity index (χ0n) is 9.77. The lowest BCUT2D eigenvalue weighted by Gasteiger charge is -2.04. The Morgan fingerprint density at radius 1 is 1.47 bits per heavy atom. The fourth-order valence-corrected chi connectivity index (χ4v) is 2.40. The van der Waals surface area contributed by atoms with Crippen LogP contribution in [0.1, 0.15) is 20.9 Å². The lowest BCUT2D eigenvalue weighted by Crippen LogP contribution is -2.06. The molecule has 0 aromatic carbocycles. The van der Waals surface area contributed by atoms with Gasteiger partial charge in [0.05, 0.1) is 19.2 Å². The molecular formula is C13H13NO2S. The molecule has 0 saturated heterocycles. The molecule has 0 aliphatic rings. The first-order chi connectivity index (χ1) is 8.22. The highest BCUT2D eigenvalue weighted by atomic mass is 32.1. The van der Waals surface area contributed by atoms with E-state index in [0.717, 1.165) is 11.3 Å². The minimum absolute atomic E-state index is 0.0543. The Hall–Kier alpha value is -1.68. The maximum atomic E-state index is 12.1. The molecule has 0 bridgehead atoms. The molecule has 0 aliphatic carbocycles. The van der Waals surface area contributed by atoms with Gasteiger partial charge >= 0.3 is 0 Å². The van der Waals surface area contributed by atoms with Crippen LogP contribution >= 0.6 is 11.3 Å². The van der Waals surface area contributed by atoms with Crippen molar-refractivity contribution in [1.29, 1.82) is 0 Å². The van der Waals surface area contributed by atoms with Crippen molar-refractivity contribution in [2.45, 2.75) is 13.3 Å². The first kappa shape index (κ1) is 11.8. The number of thiophene rings is 1. The highest BCUT2D eigenvalue weighted by Gasteiger charge is 2.15. The minimum atomic E-state index is 0.0543. The van der Waals surface area contributed by atoms with Crippen LogP contribution in [0.4, 0.5) is 0 Å². The maximum Gasteiger partial charge on any atom is 0.182 e. The maximum absolute atomic E-state index is 12.1. The number of nitrogens with zero attached hydrogens (tertiary/aromatic N) is 1. The lowest BCUT2D eigenvalue weighted by molar-refractivity contribution is 0.0993. The molecule has 17 heavy (non-hydrogen) atoms. The average molecular weight is 247 g/mol. The molecule has 2 aromatic rings. The topological polar surface area (TPSA) is 39.2 Å². The molecule has 2 aromatic heterocycles. The third-order valence-corrected chi connectivity index (χ3v) is 3.48. The molecule has 0 aliphatic heterocycles. The molecule has 0 unspecified atom stereocenters. The molecule has 0 amide bonds. The highest BCUT2D eigenvalue weighted by Crippen LogP contribution is 2.26. The van der Waals surface area contributed by atoms with Crippen molar-refractivity contribution in [3.63, 3.8) is 0 Å². The number of ether oxygens (including phenoxy) is 1. The van der Waals surface area contributed by atoms with Crippen LogP contribution < -0.4 is 4.74 Å². The van der Waals surface area contributed by atoms with Crippen molar-refractivity contribution in [1.82, 2.24) is 4.98 Å². The molecule has 0 fully saturated rings. The first-order valence-electron chi connectivity index (χ1n) is 5.27. The van der Waals surface area contributed by atoms with Crippen LogP contribution in [0.5, 0.6) is 5.75 Å². The summed E-state index contributed by atoms with van der Waals surface area (Å²) in [5.41, 5.74) is 1.87. The van der Waals surface area contributed by atoms with E-state index in [1.54, 1.807) is 13.3 Å². The van der Waals surface area contributed by atoms with E-state index in [-0.39, 0.29) is 5.78 Å². The Kier molecular flexibility index (Phi) is 3.54. The third kappa shape index (κ3) is 2.53. The molecule has 0 radical (unpaired) electrons. The Morgan fingerprint density at radius 3 is 3.00 bits per heavy atom. The number of carbonyl (C=O) groups excluding carboxylic acids is 1. The van der Waals surface area contributed by atoms with Gasteiger partial charge in [-0.1, -0.05) is 6.07 Å². The number of hydrogen-bond donors (Lipinski definition) is 0. The van der Waals surface area contributed by atoms with Crippen LogP contribution in [0.2, 0.25) is 0 Å². The number of carbonyl (C=O) groups is 1. The van der Waals surface area contributed by atoms with E-state index in [9.17, 15) is 4.79 Å². The van der Waals surface area contributed by atoms with Crippen LogP contribution in [-0.4, -0.2) is 17.9 Å². The Balaban J connectivity index is 2.20. The van der Waals surface area contributed by atoms with Gasteiger partial charge in [-0.3, -0.25) is 9.78 Å². The second-order valence-corrected chi connectivity index (χ2v) is 4.60. The summed E-state index contributed by atoms with van der Waals surface area (Å²) >= 11 is 1.41. The van der Waals surface area contributed by atoms with Crippen LogP contribution in [0, 0.1) is 6.92 Å². The second kappa shape index (κ2) is 5.10. The summed E-state index contributed by atoms with van der Waals surface area (Å²) in [4.78, 5) is 17.0. The van der Waals surface area contributed by atoms with Crippen molar-refractivity contribution < 1.29 is 9.53 Å². The molecule has 0 atom stereocenters. The summed E-state index contributed by atoms with van der Waals surface area (Å²) in [6, 6.07) is 5.64. The third-order valence-electron chi connectivity index (χ3n) is 2.55. The zero-order chi connectivity index (χ0) is 12.3. The average Bonchev–Trinajstić information content (AvgIpc) is 2.80. The predicted octanol–water partition coefficient (Wildman–Crippen LogP) is 2.89. The molecule has 2 heterocycles. The molecule has 4 heteroatoms. The first-order valence-corrected chi connectivity index (χ1v) is 6.15. The molecule has 0 N–H and O–H groups in total. The molecular weight excluding hydrogens is 234 g/mol. The van der Waals surface area contributed by atoms with Gasteiger partial charge in [0.15, 0.2) is 5.78 Å². The number of hydrogen-bond acceptors (Lipinski definition) is 4. The van der Waals surface area contributed by atoms with Gasteiger partial charge in [0.1, 0.15) is 10.6 Å². The number of ketones is 1. The number of Topliss-reactive ketones (excluding diaryl/α,β-unsaturated/α-hetero) is 1. The Morgan fingerprint density at radius 2 is 2.29 bits per heavy atom. The van der Waals surface area contributed by atoms with Gasteiger partial charge in [-0.2, -0.15) is 0 Å². The van der Waals surface area contributed by atoms with Gasteiger partial charge in [-0.25, -0.2) is 0 Å². The monoisotopic (exact) mass is 247 g/mol. The van der Waals surface area contributed by atoms with Gasteiger partial charge in [-0.15, -0.1) is 11.3 Å². The van der Waals surface area contributed by atoms with E-state index >= 15 is 0 Å². The summed E-state index contributed by atoms with van der Waals surface area (Å²) in [5.74, 6) is 0.701. The molecule has 3 nitrogen and oxygen atoms in total. The Labute approximate surface area is 104 Å². The summed E-state index contributed by atoms with van der Waals surface area (Å²) in [5, 5.41) is 1.86. The Bertz CT molecular complexity index is 534. The van der Waals surface area contributed by atoms with Crippen molar-refractivity contribution >= 4 is 17.1 Å². The van der Waals surface area contributed by atoms with E-state index in [0.29, 0.717) is 17.0 Å². The number of aromatic nitrogens is 1. The summed E-state index contributed by atoms with van der Waals surface area (Å²) in [6.45, 7) is 1.96. The lowest BCUT2D eigenvalue weighted by atomic mass is 10.1. The van der Waals surface area contributed by atoms with Gasteiger partial charge in [-0.05, 0) is 30.0 Å². The molecule has 88 valence electrons. The number of aryl methyl sites for hydroxylation is 1.